The zero-order valence-electron chi connectivity index (χ0n) is 12.1. The standard InChI is InChI=1S/C16H15ClN2O3/c1-19(16(20)12-4-5-18-15(17)9-12)10-11-2-3-13-14(8-11)22-7-6-21-13/h2-5,8-9H,6-7,10H2,1H3. The van der Waals surface area contributed by atoms with Crippen molar-refractivity contribution in [3.05, 3.63) is 52.8 Å². The number of hydrogen-bond acceptors (Lipinski definition) is 4. The van der Waals surface area contributed by atoms with Crippen LogP contribution in [0.25, 0.3) is 0 Å². The summed E-state index contributed by atoms with van der Waals surface area (Å²) in [5.74, 6) is 1.35. The van der Waals surface area contributed by atoms with E-state index in [9.17, 15) is 4.79 Å². The second kappa shape index (κ2) is 6.23. The number of nitrogens with zero attached hydrogens (tertiary/aromatic N) is 2. The largest absolute Gasteiger partial charge is 0.486 e. The maximum Gasteiger partial charge on any atom is 0.254 e. The van der Waals surface area contributed by atoms with Crippen LogP contribution in [0, 0.1) is 0 Å². The van der Waals surface area contributed by atoms with Gasteiger partial charge in [-0.1, -0.05) is 17.7 Å². The SMILES string of the molecule is CN(Cc1ccc2c(c1)OCCO2)C(=O)c1ccnc(Cl)c1. The summed E-state index contributed by atoms with van der Waals surface area (Å²) in [5.41, 5.74) is 1.49. The van der Waals surface area contributed by atoms with E-state index in [4.69, 9.17) is 21.1 Å². The lowest BCUT2D eigenvalue weighted by Crippen LogP contribution is -2.26. The highest BCUT2D eigenvalue weighted by Crippen LogP contribution is 2.31. The third kappa shape index (κ3) is 3.14. The molecule has 6 heteroatoms. The van der Waals surface area contributed by atoms with Gasteiger partial charge in [0.2, 0.25) is 0 Å². The Balaban J connectivity index is 1.73. The summed E-state index contributed by atoms with van der Waals surface area (Å²) < 4.78 is 11.0. The van der Waals surface area contributed by atoms with Crippen LogP contribution in [0.5, 0.6) is 11.5 Å². The number of pyridine rings is 1. The molecule has 1 aliphatic rings. The second-order valence-corrected chi connectivity index (χ2v) is 5.39. The van der Waals surface area contributed by atoms with E-state index in [0.29, 0.717) is 30.5 Å². The fourth-order valence-corrected chi connectivity index (χ4v) is 2.46. The van der Waals surface area contributed by atoms with Crippen LogP contribution in [0.3, 0.4) is 0 Å². The van der Waals surface area contributed by atoms with Gasteiger partial charge in [-0.05, 0) is 29.8 Å². The van der Waals surface area contributed by atoms with Crippen molar-refractivity contribution in [3.63, 3.8) is 0 Å². The number of fused-ring (bicyclic) bond motifs is 1. The summed E-state index contributed by atoms with van der Waals surface area (Å²) in [6.45, 7) is 1.57. The van der Waals surface area contributed by atoms with Gasteiger partial charge in [0.15, 0.2) is 11.5 Å². The molecule has 1 aliphatic heterocycles. The van der Waals surface area contributed by atoms with Gasteiger partial charge in [0.1, 0.15) is 18.4 Å². The Morgan fingerprint density at radius 3 is 2.77 bits per heavy atom. The van der Waals surface area contributed by atoms with E-state index in [1.165, 1.54) is 6.20 Å². The second-order valence-electron chi connectivity index (χ2n) is 5.01. The lowest BCUT2D eigenvalue weighted by Gasteiger charge is -2.21. The zero-order chi connectivity index (χ0) is 15.5. The third-order valence-corrected chi connectivity index (χ3v) is 3.55. The molecule has 22 heavy (non-hydrogen) atoms. The van der Waals surface area contributed by atoms with Crippen LogP contribution >= 0.6 is 11.6 Å². The molecule has 0 spiro atoms. The molecular weight excluding hydrogens is 304 g/mol. The molecule has 1 aromatic heterocycles. The summed E-state index contributed by atoms with van der Waals surface area (Å²) in [5, 5.41) is 0.304. The summed E-state index contributed by atoms with van der Waals surface area (Å²) in [4.78, 5) is 17.9. The van der Waals surface area contributed by atoms with Crippen molar-refractivity contribution in [3.8, 4) is 11.5 Å². The fraction of sp³-hybridized carbons (Fsp3) is 0.250. The first-order valence-electron chi connectivity index (χ1n) is 6.89. The smallest absolute Gasteiger partial charge is 0.254 e. The van der Waals surface area contributed by atoms with E-state index < -0.39 is 0 Å². The molecule has 0 aliphatic carbocycles. The van der Waals surface area contributed by atoms with Crippen molar-refractivity contribution < 1.29 is 14.3 Å². The molecule has 0 radical (unpaired) electrons. The number of ether oxygens (including phenoxy) is 2. The summed E-state index contributed by atoms with van der Waals surface area (Å²) in [6.07, 6.45) is 1.52. The molecule has 0 bridgehead atoms. The summed E-state index contributed by atoms with van der Waals surface area (Å²) >= 11 is 5.82. The highest BCUT2D eigenvalue weighted by molar-refractivity contribution is 6.29. The normalized spacial score (nSPS) is 12.8. The number of aromatic nitrogens is 1. The van der Waals surface area contributed by atoms with Crippen molar-refractivity contribution in [2.24, 2.45) is 0 Å². The Labute approximate surface area is 133 Å². The minimum absolute atomic E-state index is 0.112. The van der Waals surface area contributed by atoms with Gasteiger partial charge in [-0.15, -0.1) is 0 Å². The fourth-order valence-electron chi connectivity index (χ4n) is 2.29. The van der Waals surface area contributed by atoms with Gasteiger partial charge in [0, 0.05) is 25.4 Å². The maximum absolute atomic E-state index is 12.4. The monoisotopic (exact) mass is 318 g/mol. The van der Waals surface area contributed by atoms with Gasteiger partial charge in [0.25, 0.3) is 5.91 Å². The predicted molar refractivity (Wildman–Crippen MR) is 82.5 cm³/mol. The number of carbonyl (C=O) groups is 1. The minimum Gasteiger partial charge on any atom is -0.486 e. The number of hydrogen-bond donors (Lipinski definition) is 0. The number of carbonyl (C=O) groups excluding carboxylic acids is 1. The van der Waals surface area contributed by atoms with Gasteiger partial charge in [-0.2, -0.15) is 0 Å². The Bertz CT molecular complexity index is 706. The number of rotatable bonds is 3. The molecule has 1 aromatic carbocycles. The molecule has 0 atom stereocenters. The van der Waals surface area contributed by atoms with Crippen LogP contribution in [0.15, 0.2) is 36.5 Å². The van der Waals surface area contributed by atoms with Crippen molar-refractivity contribution in [1.29, 1.82) is 0 Å². The van der Waals surface area contributed by atoms with E-state index in [0.717, 1.165) is 17.1 Å². The summed E-state index contributed by atoms with van der Waals surface area (Å²) in [6, 6.07) is 8.90. The molecule has 0 N–H and O–H groups in total. The maximum atomic E-state index is 12.4. The topological polar surface area (TPSA) is 51.7 Å². The van der Waals surface area contributed by atoms with Crippen molar-refractivity contribution in [2.45, 2.75) is 6.54 Å². The lowest BCUT2D eigenvalue weighted by atomic mass is 10.1. The molecule has 2 heterocycles. The molecule has 0 fully saturated rings. The molecule has 1 amide bonds. The third-order valence-electron chi connectivity index (χ3n) is 3.35. The molecule has 0 saturated carbocycles. The molecular formula is C16H15ClN2O3. The van der Waals surface area contributed by atoms with Crippen LogP contribution < -0.4 is 9.47 Å². The number of halogens is 1. The molecule has 2 aromatic rings. The van der Waals surface area contributed by atoms with Crippen LogP contribution in [0.1, 0.15) is 15.9 Å². The van der Waals surface area contributed by atoms with Crippen LogP contribution in [0.2, 0.25) is 5.15 Å². The Kier molecular flexibility index (Phi) is 4.15. The van der Waals surface area contributed by atoms with Crippen molar-refractivity contribution >= 4 is 17.5 Å². The van der Waals surface area contributed by atoms with Crippen molar-refractivity contribution in [2.75, 3.05) is 20.3 Å². The first-order chi connectivity index (χ1) is 10.6. The first-order valence-corrected chi connectivity index (χ1v) is 7.27. The molecule has 114 valence electrons. The predicted octanol–water partition coefficient (Wildman–Crippen LogP) is 2.78. The van der Waals surface area contributed by atoms with E-state index in [-0.39, 0.29) is 5.91 Å². The minimum atomic E-state index is -0.112. The van der Waals surface area contributed by atoms with E-state index in [1.807, 2.05) is 18.2 Å². The highest BCUT2D eigenvalue weighted by atomic mass is 35.5. The Morgan fingerprint density at radius 1 is 1.23 bits per heavy atom. The average molecular weight is 319 g/mol. The van der Waals surface area contributed by atoms with Gasteiger partial charge in [-0.3, -0.25) is 4.79 Å². The number of amides is 1. The Hall–Kier alpha value is -2.27. The highest BCUT2D eigenvalue weighted by Gasteiger charge is 2.15. The quantitative estimate of drug-likeness (QED) is 0.817. The van der Waals surface area contributed by atoms with Crippen LogP contribution in [0.4, 0.5) is 0 Å². The zero-order valence-corrected chi connectivity index (χ0v) is 12.8. The number of benzene rings is 1. The average Bonchev–Trinajstić information content (AvgIpc) is 2.54. The molecule has 0 saturated heterocycles. The lowest BCUT2D eigenvalue weighted by molar-refractivity contribution is 0.0784. The molecule has 0 unspecified atom stereocenters. The first kappa shape index (κ1) is 14.7. The van der Waals surface area contributed by atoms with E-state index in [2.05, 4.69) is 4.98 Å². The summed E-state index contributed by atoms with van der Waals surface area (Å²) in [7, 11) is 1.74. The molecule has 3 rings (SSSR count). The van der Waals surface area contributed by atoms with Gasteiger partial charge < -0.3 is 14.4 Å². The van der Waals surface area contributed by atoms with Gasteiger partial charge in [-0.25, -0.2) is 4.98 Å². The van der Waals surface area contributed by atoms with E-state index in [1.54, 1.807) is 24.1 Å². The Morgan fingerprint density at radius 2 is 2.00 bits per heavy atom. The van der Waals surface area contributed by atoms with Gasteiger partial charge in [0.05, 0.1) is 0 Å². The molecule has 5 nitrogen and oxygen atoms in total. The van der Waals surface area contributed by atoms with E-state index >= 15 is 0 Å². The van der Waals surface area contributed by atoms with Gasteiger partial charge >= 0.3 is 0 Å². The van der Waals surface area contributed by atoms with Crippen molar-refractivity contribution in [1.82, 2.24) is 9.88 Å². The van der Waals surface area contributed by atoms with Crippen LogP contribution in [-0.4, -0.2) is 36.1 Å². The van der Waals surface area contributed by atoms with Crippen LogP contribution in [-0.2, 0) is 6.54 Å².